The minimum atomic E-state index is 0. The van der Waals surface area contributed by atoms with Crippen LogP contribution in [0.1, 0.15) is 61.6 Å². The first kappa shape index (κ1) is 21.2. The standard InChI is InChI=1S/C17H29N3S.2ClH/c1-18-9-6-14-7-10-20(11-8-14)12-16-13-21-17(19-16)15-4-2-3-5-15;;/h13-15,18H,2-12H2,1H3;2*1H. The van der Waals surface area contributed by atoms with Crippen molar-refractivity contribution in [2.45, 2.75) is 57.4 Å². The molecule has 0 atom stereocenters. The van der Waals surface area contributed by atoms with Crippen LogP contribution in [0.25, 0.3) is 0 Å². The van der Waals surface area contributed by atoms with Crippen molar-refractivity contribution in [1.82, 2.24) is 15.2 Å². The number of nitrogens with zero attached hydrogens (tertiary/aromatic N) is 2. The number of nitrogens with one attached hydrogen (secondary N) is 1. The summed E-state index contributed by atoms with van der Waals surface area (Å²) in [5.41, 5.74) is 1.32. The molecule has 23 heavy (non-hydrogen) atoms. The summed E-state index contributed by atoms with van der Waals surface area (Å²) < 4.78 is 0. The van der Waals surface area contributed by atoms with E-state index in [1.165, 1.54) is 75.3 Å². The quantitative estimate of drug-likeness (QED) is 0.790. The van der Waals surface area contributed by atoms with Crippen LogP contribution in [0.15, 0.2) is 5.38 Å². The highest BCUT2D eigenvalue weighted by molar-refractivity contribution is 7.09. The SMILES string of the molecule is CNCCC1CCN(Cc2csc(C3CCCC3)n2)CC1.Cl.Cl. The topological polar surface area (TPSA) is 28.2 Å². The van der Waals surface area contributed by atoms with Crippen molar-refractivity contribution in [3.05, 3.63) is 16.1 Å². The van der Waals surface area contributed by atoms with E-state index in [1.807, 2.05) is 11.3 Å². The minimum Gasteiger partial charge on any atom is -0.320 e. The summed E-state index contributed by atoms with van der Waals surface area (Å²) in [5.74, 6) is 1.70. The second kappa shape index (κ2) is 10.9. The van der Waals surface area contributed by atoms with Crippen LogP contribution in [0.3, 0.4) is 0 Å². The van der Waals surface area contributed by atoms with E-state index in [0.717, 1.165) is 18.4 Å². The molecule has 1 N–H and O–H groups in total. The van der Waals surface area contributed by atoms with Crippen molar-refractivity contribution in [3.8, 4) is 0 Å². The van der Waals surface area contributed by atoms with Crippen LogP contribution < -0.4 is 5.32 Å². The van der Waals surface area contributed by atoms with Crippen LogP contribution in [0.4, 0.5) is 0 Å². The summed E-state index contributed by atoms with van der Waals surface area (Å²) in [6.07, 6.45) is 9.60. The van der Waals surface area contributed by atoms with Gasteiger partial charge in [0, 0.05) is 17.8 Å². The van der Waals surface area contributed by atoms with Crippen molar-refractivity contribution in [2.24, 2.45) is 5.92 Å². The number of halogens is 2. The summed E-state index contributed by atoms with van der Waals surface area (Å²) in [6.45, 7) is 4.75. The average Bonchev–Trinajstić information content (AvgIpc) is 3.17. The Hall–Kier alpha value is 0.130. The van der Waals surface area contributed by atoms with Gasteiger partial charge in [0.05, 0.1) is 10.7 Å². The first-order valence-corrected chi connectivity index (χ1v) is 9.54. The Labute approximate surface area is 157 Å². The fraction of sp³-hybridized carbons (Fsp3) is 0.824. The predicted octanol–water partition coefficient (Wildman–Crippen LogP) is 4.47. The van der Waals surface area contributed by atoms with Crippen molar-refractivity contribution >= 4 is 36.2 Å². The largest absolute Gasteiger partial charge is 0.320 e. The van der Waals surface area contributed by atoms with E-state index >= 15 is 0 Å². The van der Waals surface area contributed by atoms with Gasteiger partial charge < -0.3 is 5.32 Å². The number of piperidine rings is 1. The highest BCUT2D eigenvalue weighted by Crippen LogP contribution is 2.35. The molecule has 1 saturated carbocycles. The number of hydrogen-bond acceptors (Lipinski definition) is 4. The van der Waals surface area contributed by atoms with Gasteiger partial charge in [0.1, 0.15) is 0 Å². The molecule has 0 aromatic carbocycles. The van der Waals surface area contributed by atoms with Gasteiger partial charge >= 0.3 is 0 Å². The van der Waals surface area contributed by atoms with E-state index in [9.17, 15) is 0 Å². The Balaban J connectivity index is 0.00000132. The molecule has 3 rings (SSSR count). The molecule has 1 aliphatic carbocycles. The Bertz CT molecular complexity index is 427. The molecule has 1 saturated heterocycles. The Morgan fingerprint density at radius 3 is 2.52 bits per heavy atom. The highest BCUT2D eigenvalue weighted by Gasteiger charge is 2.22. The van der Waals surface area contributed by atoms with E-state index in [-0.39, 0.29) is 24.8 Å². The Morgan fingerprint density at radius 1 is 1.17 bits per heavy atom. The van der Waals surface area contributed by atoms with Gasteiger partial charge in [-0.05, 0) is 64.7 Å². The van der Waals surface area contributed by atoms with Crippen molar-refractivity contribution in [2.75, 3.05) is 26.7 Å². The van der Waals surface area contributed by atoms with Gasteiger partial charge in [-0.2, -0.15) is 0 Å². The zero-order valence-electron chi connectivity index (χ0n) is 14.1. The first-order valence-electron chi connectivity index (χ1n) is 8.66. The van der Waals surface area contributed by atoms with E-state index in [0.29, 0.717) is 0 Å². The summed E-state index contributed by atoms with van der Waals surface area (Å²) >= 11 is 1.90. The fourth-order valence-corrected chi connectivity index (χ4v) is 4.75. The summed E-state index contributed by atoms with van der Waals surface area (Å²) in [6, 6.07) is 0. The lowest BCUT2D eigenvalue weighted by molar-refractivity contribution is 0.171. The molecular weight excluding hydrogens is 349 g/mol. The molecule has 3 nitrogen and oxygen atoms in total. The van der Waals surface area contributed by atoms with E-state index in [2.05, 4.69) is 22.6 Å². The van der Waals surface area contributed by atoms with Gasteiger partial charge in [-0.1, -0.05) is 12.8 Å². The lowest BCUT2D eigenvalue weighted by Gasteiger charge is -2.31. The zero-order valence-corrected chi connectivity index (χ0v) is 16.6. The van der Waals surface area contributed by atoms with Crippen molar-refractivity contribution < 1.29 is 0 Å². The highest BCUT2D eigenvalue weighted by atomic mass is 35.5. The molecular formula is C17H31Cl2N3S. The predicted molar refractivity (Wildman–Crippen MR) is 104 cm³/mol. The average molecular weight is 380 g/mol. The first-order chi connectivity index (χ1) is 10.3. The third-order valence-electron chi connectivity index (χ3n) is 5.17. The second-order valence-corrected chi connectivity index (χ2v) is 7.66. The number of aromatic nitrogens is 1. The van der Waals surface area contributed by atoms with Crippen LogP contribution in [-0.4, -0.2) is 36.6 Å². The molecule has 6 heteroatoms. The van der Waals surface area contributed by atoms with Crippen LogP contribution >= 0.6 is 36.2 Å². The minimum absolute atomic E-state index is 0. The van der Waals surface area contributed by atoms with Gasteiger partial charge in [-0.3, -0.25) is 4.90 Å². The van der Waals surface area contributed by atoms with E-state index < -0.39 is 0 Å². The van der Waals surface area contributed by atoms with Gasteiger partial charge in [-0.25, -0.2) is 4.98 Å². The van der Waals surface area contributed by atoms with Crippen LogP contribution in [0, 0.1) is 5.92 Å². The monoisotopic (exact) mass is 379 g/mol. The number of rotatable bonds is 6. The lowest BCUT2D eigenvalue weighted by Crippen LogP contribution is -2.34. The normalized spacial score (nSPS) is 20.2. The van der Waals surface area contributed by atoms with Gasteiger partial charge in [0.15, 0.2) is 0 Å². The molecule has 0 amide bonds. The van der Waals surface area contributed by atoms with Crippen LogP contribution in [0.2, 0.25) is 0 Å². The molecule has 1 aromatic heterocycles. The van der Waals surface area contributed by atoms with E-state index in [1.54, 1.807) is 0 Å². The third-order valence-corrected chi connectivity index (χ3v) is 6.23. The maximum atomic E-state index is 4.92. The van der Waals surface area contributed by atoms with Gasteiger partial charge in [-0.15, -0.1) is 36.2 Å². The molecule has 0 bridgehead atoms. The zero-order chi connectivity index (χ0) is 14.5. The van der Waals surface area contributed by atoms with Crippen LogP contribution in [0.5, 0.6) is 0 Å². The third kappa shape index (κ3) is 6.17. The number of hydrogen-bond donors (Lipinski definition) is 1. The summed E-state index contributed by atoms with van der Waals surface area (Å²) in [5, 5.41) is 6.99. The molecule has 1 aliphatic heterocycles. The maximum absolute atomic E-state index is 4.92. The van der Waals surface area contributed by atoms with Gasteiger partial charge in [0.25, 0.3) is 0 Å². The van der Waals surface area contributed by atoms with E-state index in [4.69, 9.17) is 4.98 Å². The lowest BCUT2D eigenvalue weighted by atomic mass is 9.93. The molecule has 0 spiro atoms. The molecule has 1 aromatic rings. The molecule has 2 fully saturated rings. The Morgan fingerprint density at radius 2 is 1.87 bits per heavy atom. The van der Waals surface area contributed by atoms with Crippen molar-refractivity contribution in [1.29, 1.82) is 0 Å². The number of thiazole rings is 1. The van der Waals surface area contributed by atoms with Gasteiger partial charge in [0.2, 0.25) is 0 Å². The van der Waals surface area contributed by atoms with Crippen molar-refractivity contribution in [3.63, 3.8) is 0 Å². The Kier molecular flexibility index (Phi) is 10.0. The summed E-state index contributed by atoms with van der Waals surface area (Å²) in [4.78, 5) is 7.52. The van der Waals surface area contributed by atoms with Crippen LogP contribution in [-0.2, 0) is 6.54 Å². The molecule has 2 heterocycles. The molecule has 134 valence electrons. The number of likely N-dealkylation sites (tertiary alicyclic amines) is 1. The smallest absolute Gasteiger partial charge is 0.0959 e. The fourth-order valence-electron chi connectivity index (χ4n) is 3.77. The second-order valence-electron chi connectivity index (χ2n) is 6.77. The molecule has 2 aliphatic rings. The maximum Gasteiger partial charge on any atom is 0.0959 e. The molecule has 0 unspecified atom stereocenters. The molecule has 0 radical (unpaired) electrons. The summed E-state index contributed by atoms with van der Waals surface area (Å²) in [7, 11) is 2.05.